The van der Waals surface area contributed by atoms with Gasteiger partial charge in [-0.25, -0.2) is 0 Å². The molecule has 0 amide bonds. The average Bonchev–Trinajstić information content (AvgIpc) is 2.30. The summed E-state index contributed by atoms with van der Waals surface area (Å²) in [6.45, 7) is 0. The number of hydrogen-bond donors (Lipinski definition) is 0. The third-order valence-electron chi connectivity index (χ3n) is 1.97. The maximum Gasteiger partial charge on any atom is 0.0990 e. The summed E-state index contributed by atoms with van der Waals surface area (Å²) in [5, 5.41) is 8.50. The van der Waals surface area contributed by atoms with Gasteiger partial charge in [-0.3, -0.25) is 0 Å². The summed E-state index contributed by atoms with van der Waals surface area (Å²) in [4.78, 5) is 0. The zero-order valence-corrected chi connectivity index (χ0v) is 12.6. The van der Waals surface area contributed by atoms with Gasteiger partial charge in [0.2, 0.25) is 0 Å². The minimum Gasteiger partial charge on any atom is -0.149 e. The SMILES string of the molecule is Ic1ccccc1N=Nc1ccccc1I. The molecule has 0 aliphatic heterocycles. The summed E-state index contributed by atoms with van der Waals surface area (Å²) in [5.41, 5.74) is 1.81. The fourth-order valence-corrected chi connectivity index (χ4v) is 2.16. The number of azo groups is 1. The lowest BCUT2D eigenvalue weighted by molar-refractivity contribution is 1.22. The van der Waals surface area contributed by atoms with Gasteiger partial charge in [-0.15, -0.1) is 10.2 Å². The average molecular weight is 434 g/mol. The molecule has 0 fully saturated rings. The minimum atomic E-state index is 0.905. The van der Waals surface area contributed by atoms with Crippen molar-refractivity contribution in [3.63, 3.8) is 0 Å². The second-order valence-electron chi connectivity index (χ2n) is 3.10. The third kappa shape index (κ3) is 3.00. The Balaban J connectivity index is 2.29. The Morgan fingerprint density at radius 3 is 1.38 bits per heavy atom. The number of rotatable bonds is 2. The summed E-state index contributed by atoms with van der Waals surface area (Å²) >= 11 is 4.51. The predicted molar refractivity (Wildman–Crippen MR) is 82.5 cm³/mol. The Morgan fingerprint density at radius 2 is 1.00 bits per heavy atom. The van der Waals surface area contributed by atoms with E-state index < -0.39 is 0 Å². The van der Waals surface area contributed by atoms with Crippen molar-refractivity contribution in [3.05, 3.63) is 55.7 Å². The quantitative estimate of drug-likeness (QED) is 0.453. The second kappa shape index (κ2) is 5.72. The van der Waals surface area contributed by atoms with Crippen LogP contribution in [0, 0.1) is 7.14 Å². The first-order chi connectivity index (χ1) is 7.77. The van der Waals surface area contributed by atoms with E-state index in [1.165, 1.54) is 0 Å². The van der Waals surface area contributed by atoms with Crippen molar-refractivity contribution in [1.82, 2.24) is 0 Å². The first-order valence-electron chi connectivity index (χ1n) is 4.68. The molecule has 0 atom stereocenters. The van der Waals surface area contributed by atoms with Gasteiger partial charge in [-0.2, -0.15) is 0 Å². The lowest BCUT2D eigenvalue weighted by Crippen LogP contribution is -1.72. The molecule has 0 bridgehead atoms. The predicted octanol–water partition coefficient (Wildman–Crippen LogP) is 5.31. The molecule has 2 aromatic rings. The Kier molecular flexibility index (Phi) is 4.28. The van der Waals surface area contributed by atoms with Crippen LogP contribution in [0.3, 0.4) is 0 Å². The molecule has 0 saturated heterocycles. The molecule has 16 heavy (non-hydrogen) atoms. The van der Waals surface area contributed by atoms with Gasteiger partial charge in [-0.1, -0.05) is 24.3 Å². The molecule has 0 spiro atoms. The van der Waals surface area contributed by atoms with Gasteiger partial charge in [0.1, 0.15) is 0 Å². The topological polar surface area (TPSA) is 24.7 Å². The van der Waals surface area contributed by atoms with Gasteiger partial charge in [-0.05, 0) is 69.4 Å². The molecule has 0 N–H and O–H groups in total. The van der Waals surface area contributed by atoms with Crippen LogP contribution in [0.25, 0.3) is 0 Å². The maximum absolute atomic E-state index is 4.25. The van der Waals surface area contributed by atoms with Crippen LogP contribution in [0.5, 0.6) is 0 Å². The van der Waals surface area contributed by atoms with Crippen LogP contribution in [-0.4, -0.2) is 0 Å². The fraction of sp³-hybridized carbons (Fsp3) is 0. The van der Waals surface area contributed by atoms with Gasteiger partial charge in [0.25, 0.3) is 0 Å². The van der Waals surface area contributed by atoms with Crippen LogP contribution in [0.15, 0.2) is 58.8 Å². The first kappa shape index (κ1) is 12.0. The Labute approximate surface area is 121 Å². The number of nitrogens with zero attached hydrogens (tertiary/aromatic N) is 2. The molecule has 2 nitrogen and oxygen atoms in total. The van der Waals surface area contributed by atoms with E-state index in [0.717, 1.165) is 18.5 Å². The fourth-order valence-electron chi connectivity index (χ4n) is 1.17. The number of halogens is 2. The van der Waals surface area contributed by atoms with E-state index in [1.54, 1.807) is 0 Å². The molecule has 0 saturated carbocycles. The molecule has 0 aromatic heterocycles. The van der Waals surface area contributed by atoms with Crippen LogP contribution in [-0.2, 0) is 0 Å². The molecule has 2 aromatic carbocycles. The molecule has 0 heterocycles. The van der Waals surface area contributed by atoms with Gasteiger partial charge in [0.15, 0.2) is 0 Å². The lowest BCUT2D eigenvalue weighted by atomic mass is 10.3. The van der Waals surface area contributed by atoms with Gasteiger partial charge in [0, 0.05) is 7.14 Å². The highest BCUT2D eigenvalue weighted by Gasteiger charge is 1.97. The largest absolute Gasteiger partial charge is 0.149 e. The van der Waals surface area contributed by atoms with Gasteiger partial charge in [0.05, 0.1) is 11.4 Å². The molecule has 0 radical (unpaired) electrons. The standard InChI is InChI=1S/C12H8I2N2/c13-9-5-1-3-7-11(9)15-16-12-8-4-2-6-10(12)14/h1-8H. The highest BCUT2D eigenvalue weighted by Crippen LogP contribution is 2.25. The van der Waals surface area contributed by atoms with Gasteiger partial charge < -0.3 is 0 Å². The van der Waals surface area contributed by atoms with E-state index in [0.29, 0.717) is 0 Å². The Hall–Kier alpha value is -0.500. The summed E-state index contributed by atoms with van der Waals surface area (Å²) in [6, 6.07) is 15.9. The van der Waals surface area contributed by atoms with Crippen LogP contribution >= 0.6 is 45.2 Å². The molecule has 0 aliphatic carbocycles. The number of hydrogen-bond acceptors (Lipinski definition) is 2. The first-order valence-corrected chi connectivity index (χ1v) is 6.84. The molecule has 0 unspecified atom stereocenters. The van der Waals surface area contributed by atoms with Crippen molar-refractivity contribution in [2.75, 3.05) is 0 Å². The second-order valence-corrected chi connectivity index (χ2v) is 5.43. The van der Waals surface area contributed by atoms with Crippen molar-refractivity contribution in [2.45, 2.75) is 0 Å². The molecular weight excluding hydrogens is 426 g/mol. The van der Waals surface area contributed by atoms with Gasteiger partial charge >= 0.3 is 0 Å². The maximum atomic E-state index is 4.25. The van der Waals surface area contributed by atoms with E-state index in [-0.39, 0.29) is 0 Å². The zero-order valence-electron chi connectivity index (χ0n) is 8.27. The molecule has 80 valence electrons. The summed E-state index contributed by atoms with van der Waals surface area (Å²) in [5.74, 6) is 0. The molecular formula is C12H8I2N2. The molecule has 2 rings (SSSR count). The number of benzene rings is 2. The van der Waals surface area contributed by atoms with E-state index >= 15 is 0 Å². The minimum absolute atomic E-state index is 0.905. The molecule has 4 heteroatoms. The normalized spacial score (nSPS) is 10.9. The Bertz CT molecular complexity index is 476. The highest BCUT2D eigenvalue weighted by molar-refractivity contribution is 14.1. The Morgan fingerprint density at radius 1 is 0.625 bits per heavy atom. The van der Waals surface area contributed by atoms with Crippen LogP contribution in [0.1, 0.15) is 0 Å². The monoisotopic (exact) mass is 434 g/mol. The molecule has 0 aliphatic rings. The smallest absolute Gasteiger partial charge is 0.0990 e. The lowest BCUT2D eigenvalue weighted by Gasteiger charge is -1.97. The van der Waals surface area contributed by atoms with E-state index in [1.807, 2.05) is 48.5 Å². The van der Waals surface area contributed by atoms with E-state index in [9.17, 15) is 0 Å². The van der Waals surface area contributed by atoms with Crippen molar-refractivity contribution in [3.8, 4) is 0 Å². The summed E-state index contributed by atoms with van der Waals surface area (Å²) < 4.78 is 2.21. The highest BCUT2D eigenvalue weighted by atomic mass is 127. The van der Waals surface area contributed by atoms with Crippen LogP contribution in [0.2, 0.25) is 0 Å². The van der Waals surface area contributed by atoms with Crippen molar-refractivity contribution in [1.29, 1.82) is 0 Å². The zero-order chi connectivity index (χ0) is 11.4. The summed E-state index contributed by atoms with van der Waals surface area (Å²) in [6.07, 6.45) is 0. The van der Waals surface area contributed by atoms with E-state index in [4.69, 9.17) is 0 Å². The van der Waals surface area contributed by atoms with Crippen molar-refractivity contribution in [2.24, 2.45) is 10.2 Å². The summed E-state index contributed by atoms with van der Waals surface area (Å²) in [7, 11) is 0. The van der Waals surface area contributed by atoms with Crippen molar-refractivity contribution >= 4 is 56.6 Å². The third-order valence-corrected chi connectivity index (χ3v) is 3.79. The van der Waals surface area contributed by atoms with E-state index in [2.05, 4.69) is 55.4 Å². The van der Waals surface area contributed by atoms with Crippen LogP contribution < -0.4 is 0 Å². The van der Waals surface area contributed by atoms with Crippen LogP contribution in [0.4, 0.5) is 11.4 Å². The van der Waals surface area contributed by atoms with Crippen molar-refractivity contribution < 1.29 is 0 Å².